The van der Waals surface area contributed by atoms with E-state index in [1.165, 1.54) is 32.6 Å². The molecule has 0 spiro atoms. The Morgan fingerprint density at radius 2 is 0.810 bits per heavy atom. The molecule has 0 aliphatic carbocycles. The molecule has 4 heterocycles. The van der Waals surface area contributed by atoms with Crippen molar-refractivity contribution < 1.29 is 4.42 Å². The molecular formula is C58H36N4O. The maximum atomic E-state index is 6.37. The Kier molecular flexibility index (Phi) is 7.84. The summed E-state index contributed by atoms with van der Waals surface area (Å²) < 4.78 is 11.1. The van der Waals surface area contributed by atoms with Gasteiger partial charge in [-0.2, -0.15) is 0 Å². The summed E-state index contributed by atoms with van der Waals surface area (Å²) in [5.74, 6) is 0.659. The maximum absolute atomic E-state index is 6.37. The van der Waals surface area contributed by atoms with Crippen LogP contribution < -0.4 is 0 Å². The van der Waals surface area contributed by atoms with Crippen LogP contribution >= 0.6 is 0 Å². The Hall–Kier alpha value is -8.54. The van der Waals surface area contributed by atoms with E-state index >= 15 is 0 Å². The fourth-order valence-electron chi connectivity index (χ4n) is 9.61. The molecule has 0 fully saturated rings. The van der Waals surface area contributed by atoms with Gasteiger partial charge < -0.3 is 13.6 Å². The molecule has 63 heavy (non-hydrogen) atoms. The molecule has 0 N–H and O–H groups in total. The van der Waals surface area contributed by atoms with E-state index in [0.717, 1.165) is 83.6 Å². The summed E-state index contributed by atoms with van der Waals surface area (Å²) in [4.78, 5) is 10.6. The van der Waals surface area contributed by atoms with Gasteiger partial charge in [0.25, 0.3) is 0 Å². The average molecular weight is 805 g/mol. The van der Waals surface area contributed by atoms with Gasteiger partial charge in [-0.3, -0.25) is 0 Å². The van der Waals surface area contributed by atoms with Gasteiger partial charge in [-0.05, 0) is 96.1 Å². The number of hydrogen-bond acceptors (Lipinski definition) is 3. The van der Waals surface area contributed by atoms with Gasteiger partial charge in [0.05, 0.1) is 33.5 Å². The fourth-order valence-corrected chi connectivity index (χ4v) is 9.61. The van der Waals surface area contributed by atoms with Gasteiger partial charge >= 0.3 is 0 Å². The minimum atomic E-state index is 0.659. The second-order valence-electron chi connectivity index (χ2n) is 16.2. The summed E-state index contributed by atoms with van der Waals surface area (Å²) >= 11 is 0. The van der Waals surface area contributed by atoms with Crippen LogP contribution in [0.1, 0.15) is 0 Å². The highest BCUT2D eigenvalue weighted by Gasteiger charge is 2.19. The lowest BCUT2D eigenvalue weighted by atomic mass is 9.97. The number of nitrogens with zero attached hydrogens (tertiary/aromatic N) is 4. The summed E-state index contributed by atoms with van der Waals surface area (Å²) in [6.45, 7) is 0. The Labute approximate surface area is 362 Å². The molecule has 0 bridgehead atoms. The van der Waals surface area contributed by atoms with Crippen LogP contribution in [0, 0.1) is 0 Å². The quantitative estimate of drug-likeness (QED) is 0.168. The highest BCUT2D eigenvalue weighted by atomic mass is 16.3. The number of benzene rings is 9. The summed E-state index contributed by atoms with van der Waals surface area (Å²) in [5.41, 5.74) is 15.3. The van der Waals surface area contributed by atoms with E-state index in [1.54, 1.807) is 0 Å². The van der Waals surface area contributed by atoms with Crippen molar-refractivity contribution in [2.75, 3.05) is 0 Å². The number of para-hydroxylation sites is 5. The standard InChI is InChI=1S/C58H36N4O/c1-3-15-37(16-4-1)58-59-50(39-27-29-48-47-22-10-14-26-56(47)63-57(48)35-39)36-51(60-58)41-31-40(32-43(33-41)62-52-23-11-7-19-44(52)45-20-8-12-24-53(45)62)38-28-30-55-49(34-38)46-21-9-13-25-54(46)61(55)42-17-5-2-6-18-42/h1-36H. The summed E-state index contributed by atoms with van der Waals surface area (Å²) in [6.07, 6.45) is 0. The zero-order valence-corrected chi connectivity index (χ0v) is 34.0. The monoisotopic (exact) mass is 804 g/mol. The van der Waals surface area contributed by atoms with Gasteiger partial charge in [-0.25, -0.2) is 9.97 Å². The first-order valence-corrected chi connectivity index (χ1v) is 21.3. The first-order chi connectivity index (χ1) is 31.2. The van der Waals surface area contributed by atoms with Crippen LogP contribution in [0.25, 0.3) is 122 Å². The number of aromatic nitrogens is 4. The molecule has 0 unspecified atom stereocenters. The topological polar surface area (TPSA) is 48.8 Å². The molecule has 0 saturated carbocycles. The zero-order valence-electron chi connectivity index (χ0n) is 34.0. The summed E-state index contributed by atoms with van der Waals surface area (Å²) in [6, 6.07) is 77.5. The second-order valence-corrected chi connectivity index (χ2v) is 16.2. The lowest BCUT2D eigenvalue weighted by Crippen LogP contribution is -1.99. The molecule has 0 radical (unpaired) electrons. The molecule has 4 aromatic heterocycles. The number of fused-ring (bicyclic) bond motifs is 9. The third-order valence-electron chi connectivity index (χ3n) is 12.5. The minimum absolute atomic E-state index is 0.659. The second kappa shape index (κ2) is 14.0. The smallest absolute Gasteiger partial charge is 0.160 e. The lowest BCUT2D eigenvalue weighted by molar-refractivity contribution is 0.669. The summed E-state index contributed by atoms with van der Waals surface area (Å²) in [7, 11) is 0. The van der Waals surface area contributed by atoms with Crippen LogP contribution in [0.4, 0.5) is 0 Å². The van der Waals surface area contributed by atoms with E-state index < -0.39 is 0 Å². The van der Waals surface area contributed by atoms with Gasteiger partial charge in [0.2, 0.25) is 0 Å². The molecule has 0 amide bonds. The van der Waals surface area contributed by atoms with Crippen molar-refractivity contribution in [3.05, 3.63) is 218 Å². The highest BCUT2D eigenvalue weighted by molar-refractivity contribution is 6.12. The third-order valence-corrected chi connectivity index (χ3v) is 12.5. The predicted molar refractivity (Wildman–Crippen MR) is 260 cm³/mol. The van der Waals surface area contributed by atoms with Crippen LogP contribution in [0.5, 0.6) is 0 Å². The number of rotatable bonds is 6. The van der Waals surface area contributed by atoms with Crippen LogP contribution in [-0.2, 0) is 0 Å². The van der Waals surface area contributed by atoms with Crippen molar-refractivity contribution in [2.45, 2.75) is 0 Å². The van der Waals surface area contributed by atoms with Crippen molar-refractivity contribution in [2.24, 2.45) is 0 Å². The van der Waals surface area contributed by atoms with Crippen LogP contribution in [0.2, 0.25) is 0 Å². The molecular weight excluding hydrogens is 769 g/mol. The van der Waals surface area contributed by atoms with Gasteiger partial charge in [0.15, 0.2) is 5.82 Å². The minimum Gasteiger partial charge on any atom is -0.456 e. The first kappa shape index (κ1) is 35.2. The van der Waals surface area contributed by atoms with Crippen molar-refractivity contribution in [1.82, 2.24) is 19.1 Å². The first-order valence-electron chi connectivity index (χ1n) is 21.3. The Balaban J connectivity index is 1.07. The molecule has 0 atom stereocenters. The van der Waals surface area contributed by atoms with Gasteiger partial charge in [0.1, 0.15) is 11.2 Å². The molecule has 13 aromatic rings. The van der Waals surface area contributed by atoms with Crippen molar-refractivity contribution >= 4 is 65.6 Å². The molecule has 5 nitrogen and oxygen atoms in total. The van der Waals surface area contributed by atoms with Gasteiger partial charge in [-0.1, -0.05) is 133 Å². The van der Waals surface area contributed by atoms with E-state index in [2.05, 4.69) is 197 Å². The molecule has 0 saturated heterocycles. The van der Waals surface area contributed by atoms with Gasteiger partial charge in [-0.15, -0.1) is 0 Å². The third kappa shape index (κ3) is 5.71. The normalized spacial score (nSPS) is 11.8. The highest BCUT2D eigenvalue weighted by Crippen LogP contribution is 2.40. The molecule has 13 rings (SSSR count). The van der Waals surface area contributed by atoms with E-state index in [0.29, 0.717) is 5.82 Å². The van der Waals surface area contributed by atoms with E-state index in [1.807, 2.05) is 30.3 Å². The lowest BCUT2D eigenvalue weighted by Gasteiger charge is -2.15. The number of hydrogen-bond donors (Lipinski definition) is 0. The molecule has 0 aliphatic rings. The van der Waals surface area contributed by atoms with Crippen molar-refractivity contribution in [3.8, 4) is 56.4 Å². The fraction of sp³-hybridized carbons (Fsp3) is 0. The SMILES string of the molecule is c1ccc(-c2nc(-c3cc(-c4ccc5c(c4)c4ccccc4n5-c4ccccc4)cc(-n4c5ccccc5c5ccccc54)c3)cc(-c3ccc4c(c3)oc3ccccc34)n2)cc1. The van der Waals surface area contributed by atoms with E-state index in [9.17, 15) is 0 Å². The molecule has 0 aliphatic heterocycles. The Morgan fingerprint density at radius 3 is 1.52 bits per heavy atom. The molecule has 5 heteroatoms. The molecule has 9 aromatic carbocycles. The Morgan fingerprint density at radius 1 is 0.286 bits per heavy atom. The van der Waals surface area contributed by atoms with E-state index in [4.69, 9.17) is 14.4 Å². The summed E-state index contributed by atoms with van der Waals surface area (Å²) in [5, 5.41) is 7.03. The molecule has 294 valence electrons. The largest absolute Gasteiger partial charge is 0.456 e. The average Bonchev–Trinajstić information content (AvgIpc) is 4.01. The van der Waals surface area contributed by atoms with Gasteiger partial charge in [0, 0.05) is 60.4 Å². The van der Waals surface area contributed by atoms with Crippen molar-refractivity contribution in [3.63, 3.8) is 0 Å². The Bertz CT molecular complexity index is 3860. The van der Waals surface area contributed by atoms with Crippen LogP contribution in [0.15, 0.2) is 223 Å². The maximum Gasteiger partial charge on any atom is 0.160 e. The van der Waals surface area contributed by atoms with Crippen LogP contribution in [0.3, 0.4) is 0 Å². The van der Waals surface area contributed by atoms with E-state index in [-0.39, 0.29) is 0 Å². The zero-order chi connectivity index (χ0) is 41.4. The van der Waals surface area contributed by atoms with Crippen molar-refractivity contribution in [1.29, 1.82) is 0 Å². The van der Waals surface area contributed by atoms with Crippen LogP contribution in [-0.4, -0.2) is 19.1 Å². The number of furan rings is 1. The predicted octanol–water partition coefficient (Wildman–Crippen LogP) is 15.2.